The van der Waals surface area contributed by atoms with Crippen LogP contribution in [0.5, 0.6) is 0 Å². The molecule has 0 heterocycles. The molecule has 2 aromatic rings. The van der Waals surface area contributed by atoms with Crippen molar-refractivity contribution in [3.8, 4) is 0 Å². The minimum atomic E-state index is 0.570. The van der Waals surface area contributed by atoms with E-state index in [1.54, 1.807) is 0 Å². The molecule has 0 spiro atoms. The van der Waals surface area contributed by atoms with E-state index in [0.717, 1.165) is 5.69 Å². The Morgan fingerprint density at radius 3 is 2.79 bits per heavy atom. The number of nitrogen functional groups attached to an aromatic ring is 1. The van der Waals surface area contributed by atoms with Gasteiger partial charge in [0.05, 0.1) is 0 Å². The van der Waals surface area contributed by atoms with Crippen molar-refractivity contribution in [1.82, 2.24) is 0 Å². The lowest BCUT2D eigenvalue weighted by Gasteiger charge is -2.17. The maximum absolute atomic E-state index is 5.88. The SMILES string of the molecule is Nc1cccc(SC2CCCCc3ccccc32)c1. The third kappa shape index (κ3) is 2.95. The van der Waals surface area contributed by atoms with E-state index in [4.69, 9.17) is 5.73 Å². The molecule has 0 radical (unpaired) electrons. The summed E-state index contributed by atoms with van der Waals surface area (Å²) in [5, 5.41) is 0.570. The Labute approximate surface area is 119 Å². The zero-order chi connectivity index (χ0) is 13.1. The number of aryl methyl sites for hydroxylation is 1. The van der Waals surface area contributed by atoms with E-state index >= 15 is 0 Å². The molecule has 2 aromatic carbocycles. The number of benzene rings is 2. The summed E-state index contributed by atoms with van der Waals surface area (Å²) in [6.45, 7) is 0. The number of hydrogen-bond donors (Lipinski definition) is 1. The summed E-state index contributed by atoms with van der Waals surface area (Å²) in [7, 11) is 0. The third-order valence-corrected chi connectivity index (χ3v) is 5.00. The van der Waals surface area contributed by atoms with Crippen molar-refractivity contribution in [3.05, 3.63) is 59.7 Å². The molecule has 0 aromatic heterocycles. The molecule has 0 bridgehead atoms. The van der Waals surface area contributed by atoms with Crippen LogP contribution in [0, 0.1) is 0 Å². The van der Waals surface area contributed by atoms with E-state index in [-0.39, 0.29) is 0 Å². The predicted molar refractivity (Wildman–Crippen MR) is 83.4 cm³/mol. The lowest BCUT2D eigenvalue weighted by atomic mass is 10.0. The predicted octanol–water partition coefficient (Wildman–Crippen LogP) is 4.83. The van der Waals surface area contributed by atoms with E-state index in [1.807, 2.05) is 23.9 Å². The van der Waals surface area contributed by atoms with Gasteiger partial charge in [0.15, 0.2) is 0 Å². The van der Waals surface area contributed by atoms with Crippen LogP contribution < -0.4 is 5.73 Å². The van der Waals surface area contributed by atoms with Gasteiger partial charge in [-0.2, -0.15) is 0 Å². The Morgan fingerprint density at radius 2 is 1.89 bits per heavy atom. The van der Waals surface area contributed by atoms with Gasteiger partial charge in [0, 0.05) is 15.8 Å². The molecule has 0 saturated carbocycles. The number of fused-ring (bicyclic) bond motifs is 1. The maximum Gasteiger partial charge on any atom is 0.0347 e. The van der Waals surface area contributed by atoms with Crippen LogP contribution in [0.15, 0.2) is 53.4 Å². The van der Waals surface area contributed by atoms with Gasteiger partial charge in [-0.3, -0.25) is 0 Å². The van der Waals surface area contributed by atoms with E-state index in [2.05, 4.69) is 36.4 Å². The number of nitrogens with two attached hydrogens (primary N) is 1. The molecular weight excluding hydrogens is 250 g/mol. The lowest BCUT2D eigenvalue weighted by molar-refractivity contribution is 0.704. The normalized spacial score (nSPS) is 18.6. The molecule has 1 atom stereocenters. The molecule has 0 amide bonds. The molecular formula is C17H19NS. The highest BCUT2D eigenvalue weighted by molar-refractivity contribution is 7.99. The molecule has 1 aliphatic rings. The first-order valence-corrected chi connectivity index (χ1v) is 7.81. The summed E-state index contributed by atoms with van der Waals surface area (Å²) >= 11 is 1.95. The van der Waals surface area contributed by atoms with Crippen molar-refractivity contribution < 1.29 is 0 Å². The minimum Gasteiger partial charge on any atom is -0.399 e. The molecule has 98 valence electrons. The fourth-order valence-corrected chi connectivity index (χ4v) is 4.08. The molecule has 0 aliphatic heterocycles. The molecule has 0 fully saturated rings. The molecule has 3 rings (SSSR count). The zero-order valence-corrected chi connectivity index (χ0v) is 11.8. The van der Waals surface area contributed by atoms with Gasteiger partial charge in [0.1, 0.15) is 0 Å². The summed E-state index contributed by atoms with van der Waals surface area (Å²) < 4.78 is 0. The molecule has 1 aliphatic carbocycles. The number of hydrogen-bond acceptors (Lipinski definition) is 2. The Morgan fingerprint density at radius 1 is 1.00 bits per heavy atom. The van der Waals surface area contributed by atoms with Gasteiger partial charge in [-0.15, -0.1) is 11.8 Å². The van der Waals surface area contributed by atoms with Gasteiger partial charge < -0.3 is 5.73 Å². The maximum atomic E-state index is 5.88. The van der Waals surface area contributed by atoms with Crippen molar-refractivity contribution >= 4 is 17.4 Å². The van der Waals surface area contributed by atoms with E-state index in [0.29, 0.717) is 5.25 Å². The van der Waals surface area contributed by atoms with Crippen molar-refractivity contribution in [3.63, 3.8) is 0 Å². The van der Waals surface area contributed by atoms with E-state index in [1.165, 1.54) is 41.7 Å². The van der Waals surface area contributed by atoms with Crippen LogP contribution in [0.3, 0.4) is 0 Å². The average Bonchev–Trinajstić information content (AvgIpc) is 2.62. The van der Waals surface area contributed by atoms with Gasteiger partial charge in [-0.05, 0) is 48.6 Å². The van der Waals surface area contributed by atoms with Crippen molar-refractivity contribution in [2.24, 2.45) is 0 Å². The van der Waals surface area contributed by atoms with Crippen LogP contribution in [-0.2, 0) is 6.42 Å². The zero-order valence-electron chi connectivity index (χ0n) is 11.0. The molecule has 1 unspecified atom stereocenters. The fraction of sp³-hybridized carbons (Fsp3) is 0.294. The van der Waals surface area contributed by atoms with Gasteiger partial charge in [-0.25, -0.2) is 0 Å². The van der Waals surface area contributed by atoms with Crippen molar-refractivity contribution in [2.45, 2.75) is 35.8 Å². The first kappa shape index (κ1) is 12.6. The van der Waals surface area contributed by atoms with Crippen molar-refractivity contribution in [1.29, 1.82) is 0 Å². The largest absolute Gasteiger partial charge is 0.399 e. The number of rotatable bonds is 2. The van der Waals surface area contributed by atoms with Crippen LogP contribution in [0.4, 0.5) is 5.69 Å². The van der Waals surface area contributed by atoms with Gasteiger partial charge in [-0.1, -0.05) is 36.8 Å². The van der Waals surface area contributed by atoms with Crippen LogP contribution in [0.1, 0.15) is 35.6 Å². The van der Waals surface area contributed by atoms with Gasteiger partial charge >= 0.3 is 0 Å². The van der Waals surface area contributed by atoms with Crippen LogP contribution in [-0.4, -0.2) is 0 Å². The standard InChI is InChI=1S/C17H19NS/c18-14-8-5-9-15(12-14)19-17-11-4-2-7-13-6-1-3-10-16(13)17/h1,3,5-6,8-10,12,17H,2,4,7,11,18H2. The summed E-state index contributed by atoms with van der Waals surface area (Å²) in [6, 6.07) is 17.1. The van der Waals surface area contributed by atoms with Crippen LogP contribution in [0.2, 0.25) is 0 Å². The quantitative estimate of drug-likeness (QED) is 0.624. The van der Waals surface area contributed by atoms with E-state index in [9.17, 15) is 0 Å². The summed E-state index contributed by atoms with van der Waals surface area (Å²) in [5.41, 5.74) is 9.78. The summed E-state index contributed by atoms with van der Waals surface area (Å²) in [5.74, 6) is 0. The third-order valence-electron chi connectivity index (χ3n) is 3.70. The molecule has 0 saturated heterocycles. The summed E-state index contributed by atoms with van der Waals surface area (Å²) in [6.07, 6.45) is 5.11. The number of anilines is 1. The monoisotopic (exact) mass is 269 g/mol. The van der Waals surface area contributed by atoms with Gasteiger partial charge in [0.25, 0.3) is 0 Å². The second kappa shape index (κ2) is 5.70. The Hall–Kier alpha value is -1.41. The Kier molecular flexibility index (Phi) is 3.79. The number of thioether (sulfide) groups is 1. The van der Waals surface area contributed by atoms with E-state index < -0.39 is 0 Å². The Balaban J connectivity index is 1.88. The lowest BCUT2D eigenvalue weighted by Crippen LogP contribution is -1.96. The first-order chi connectivity index (χ1) is 9.33. The minimum absolute atomic E-state index is 0.570. The van der Waals surface area contributed by atoms with Crippen molar-refractivity contribution in [2.75, 3.05) is 5.73 Å². The second-order valence-electron chi connectivity index (χ2n) is 5.12. The highest BCUT2D eigenvalue weighted by Crippen LogP contribution is 2.42. The molecule has 2 N–H and O–H groups in total. The first-order valence-electron chi connectivity index (χ1n) is 6.93. The molecule has 19 heavy (non-hydrogen) atoms. The summed E-state index contributed by atoms with van der Waals surface area (Å²) in [4.78, 5) is 1.28. The highest BCUT2D eigenvalue weighted by Gasteiger charge is 2.19. The topological polar surface area (TPSA) is 26.0 Å². The smallest absolute Gasteiger partial charge is 0.0347 e. The second-order valence-corrected chi connectivity index (χ2v) is 6.40. The highest BCUT2D eigenvalue weighted by atomic mass is 32.2. The molecule has 1 nitrogen and oxygen atoms in total. The van der Waals surface area contributed by atoms with Crippen LogP contribution in [0.25, 0.3) is 0 Å². The Bertz CT molecular complexity index is 565. The average molecular weight is 269 g/mol. The van der Waals surface area contributed by atoms with Gasteiger partial charge in [0.2, 0.25) is 0 Å². The fourth-order valence-electron chi connectivity index (χ4n) is 2.75. The van der Waals surface area contributed by atoms with Crippen LogP contribution >= 0.6 is 11.8 Å². The molecule has 2 heteroatoms.